The van der Waals surface area contributed by atoms with Crippen LogP contribution in [0.5, 0.6) is 5.75 Å². The van der Waals surface area contributed by atoms with Crippen molar-refractivity contribution in [2.45, 2.75) is 38.5 Å². The summed E-state index contributed by atoms with van der Waals surface area (Å²) in [7, 11) is 0. The van der Waals surface area contributed by atoms with Gasteiger partial charge in [0.05, 0.1) is 21.4 Å². The molecule has 5 rings (SSSR count). The van der Waals surface area contributed by atoms with E-state index in [0.717, 1.165) is 11.0 Å². The van der Waals surface area contributed by atoms with E-state index in [1.165, 1.54) is 17.0 Å². The summed E-state index contributed by atoms with van der Waals surface area (Å²) in [4.78, 5) is 51.4. The lowest BCUT2D eigenvalue weighted by atomic mass is 10.0. The first-order chi connectivity index (χ1) is 18.9. The molecule has 9 nitrogen and oxygen atoms in total. The van der Waals surface area contributed by atoms with Gasteiger partial charge in [0.1, 0.15) is 25.0 Å². The maximum absolute atomic E-state index is 13.1. The Labute approximate surface area is 205 Å². The fourth-order valence-corrected chi connectivity index (χ4v) is 4.05. The summed E-state index contributed by atoms with van der Waals surface area (Å²) in [5.74, 6) is -1.91. The van der Waals surface area contributed by atoms with Crippen molar-refractivity contribution in [1.82, 2.24) is 15.1 Å². The first-order valence-electron chi connectivity index (χ1n) is 13.8. The van der Waals surface area contributed by atoms with Crippen LogP contribution in [0.3, 0.4) is 0 Å². The number of hydrogen-bond donors (Lipinski definition) is 1. The number of nitrogens with zero attached hydrogens (tertiary/aromatic N) is 2. The van der Waals surface area contributed by atoms with Crippen LogP contribution >= 0.6 is 0 Å². The summed E-state index contributed by atoms with van der Waals surface area (Å²) >= 11 is 0. The largest absolute Gasteiger partial charge is 0.489 e. The molecule has 1 N–H and O–H groups in total. The van der Waals surface area contributed by atoms with E-state index in [0.29, 0.717) is 5.56 Å². The SMILES string of the molecule is [2H]c1cc(C([2H])Oc2cccc3c2CN(C2CCC(=O)NC2=O)C3=O)c([2H])c([2H])c1C([2H])([2H])N1CCOCC1=O. The van der Waals surface area contributed by atoms with Gasteiger partial charge in [0.25, 0.3) is 5.91 Å². The van der Waals surface area contributed by atoms with Crippen LogP contribution in [0.15, 0.2) is 42.4 Å². The molecule has 2 fully saturated rings. The summed E-state index contributed by atoms with van der Waals surface area (Å²) < 4.78 is 61.7. The van der Waals surface area contributed by atoms with Gasteiger partial charge < -0.3 is 19.3 Å². The van der Waals surface area contributed by atoms with Crippen LogP contribution in [0.4, 0.5) is 0 Å². The van der Waals surface area contributed by atoms with E-state index in [2.05, 4.69) is 5.32 Å². The predicted molar refractivity (Wildman–Crippen MR) is 119 cm³/mol. The molecule has 2 saturated heterocycles. The third-order valence-corrected chi connectivity index (χ3v) is 5.79. The Morgan fingerprint density at radius 2 is 2.00 bits per heavy atom. The van der Waals surface area contributed by atoms with E-state index in [1.807, 2.05) is 0 Å². The number of ether oxygens (including phenoxy) is 2. The molecule has 0 aromatic heterocycles. The summed E-state index contributed by atoms with van der Waals surface area (Å²) in [5.41, 5.74) is 0.0279. The van der Waals surface area contributed by atoms with Crippen molar-refractivity contribution in [1.29, 1.82) is 0 Å². The summed E-state index contributed by atoms with van der Waals surface area (Å²) in [6.07, 6.45) is 0.276. The van der Waals surface area contributed by atoms with Gasteiger partial charge in [-0.15, -0.1) is 0 Å². The topological polar surface area (TPSA) is 105 Å². The third kappa shape index (κ3) is 4.38. The second-order valence-corrected chi connectivity index (χ2v) is 8.00. The molecule has 0 bridgehead atoms. The van der Waals surface area contributed by atoms with Crippen LogP contribution in [0.2, 0.25) is 0 Å². The van der Waals surface area contributed by atoms with Crippen LogP contribution in [-0.4, -0.2) is 59.2 Å². The molecule has 2 aromatic rings. The Kier molecular flexibility index (Phi) is 4.36. The molecule has 9 heteroatoms. The van der Waals surface area contributed by atoms with Crippen LogP contribution in [0.25, 0.3) is 0 Å². The zero-order valence-electron chi connectivity index (χ0n) is 24.1. The van der Waals surface area contributed by atoms with Gasteiger partial charge in [-0.2, -0.15) is 0 Å². The molecule has 0 radical (unpaired) electrons. The average Bonchev–Trinajstić information content (AvgIpc) is 3.23. The molecule has 4 amide bonds. The van der Waals surface area contributed by atoms with E-state index in [4.69, 9.17) is 17.7 Å². The third-order valence-electron chi connectivity index (χ3n) is 5.79. The molecule has 0 aliphatic carbocycles. The van der Waals surface area contributed by atoms with Gasteiger partial charge >= 0.3 is 0 Å². The molecule has 34 heavy (non-hydrogen) atoms. The summed E-state index contributed by atoms with van der Waals surface area (Å²) in [6.45, 7) is -4.50. The number of amides is 4. The van der Waals surface area contributed by atoms with Crippen LogP contribution < -0.4 is 10.1 Å². The number of carbonyl (C=O) groups is 4. The monoisotopic (exact) mass is 469 g/mol. The maximum atomic E-state index is 13.1. The minimum absolute atomic E-state index is 0.00280. The van der Waals surface area contributed by atoms with Crippen molar-refractivity contribution in [2.24, 2.45) is 0 Å². The Hall–Kier alpha value is -3.72. The number of piperidine rings is 1. The van der Waals surface area contributed by atoms with Crippen LogP contribution in [0, 0.1) is 0 Å². The fourth-order valence-electron chi connectivity index (χ4n) is 4.05. The quantitative estimate of drug-likeness (QED) is 0.641. The van der Waals surface area contributed by atoms with Gasteiger partial charge in [0.2, 0.25) is 17.7 Å². The normalized spacial score (nSPS) is 24.3. The van der Waals surface area contributed by atoms with Gasteiger partial charge in [-0.25, -0.2) is 0 Å². The second kappa shape index (κ2) is 9.26. The highest BCUT2D eigenvalue weighted by molar-refractivity contribution is 6.05. The molecule has 2 atom stereocenters. The van der Waals surface area contributed by atoms with Gasteiger partial charge in [-0.3, -0.25) is 24.5 Å². The fraction of sp³-hybridized carbons (Fsp3) is 0.360. The van der Waals surface area contributed by atoms with E-state index in [-0.39, 0.29) is 56.0 Å². The van der Waals surface area contributed by atoms with Crippen molar-refractivity contribution >= 4 is 23.6 Å². The standard InChI is InChI=1S/C25H25N3O6/c29-22-9-8-20(24(31)26-22)28-13-19-18(25(28)32)2-1-3-21(19)34-14-17-6-4-16(5-7-17)12-27-10-11-33-15-23(27)30/h1-7,20H,8-15H2,(H,26,29,31)/i4D,5D,6D,12D2,14D. The number of fused-ring (bicyclic) bond motifs is 1. The van der Waals surface area contributed by atoms with Crippen molar-refractivity contribution in [3.05, 3.63) is 64.6 Å². The minimum Gasteiger partial charge on any atom is -0.489 e. The highest BCUT2D eigenvalue weighted by Crippen LogP contribution is 2.34. The van der Waals surface area contributed by atoms with E-state index in [1.54, 1.807) is 6.07 Å². The first-order valence-corrected chi connectivity index (χ1v) is 10.8. The Morgan fingerprint density at radius 1 is 1.15 bits per heavy atom. The number of carbonyl (C=O) groups excluding carboxylic acids is 4. The number of benzene rings is 2. The molecule has 3 aliphatic rings. The predicted octanol–water partition coefficient (Wildman–Crippen LogP) is 1.39. The molecular formula is C25H25N3O6. The van der Waals surface area contributed by atoms with E-state index < -0.39 is 66.4 Å². The number of imide groups is 1. The van der Waals surface area contributed by atoms with Crippen LogP contribution in [-0.2, 0) is 38.7 Å². The maximum Gasteiger partial charge on any atom is 0.255 e. The number of nitrogens with one attached hydrogen (secondary N) is 1. The molecule has 3 aliphatic heterocycles. The molecule has 3 heterocycles. The zero-order valence-corrected chi connectivity index (χ0v) is 18.1. The van der Waals surface area contributed by atoms with Crippen molar-refractivity contribution in [3.8, 4) is 5.75 Å². The van der Waals surface area contributed by atoms with E-state index >= 15 is 0 Å². The second-order valence-electron chi connectivity index (χ2n) is 8.00. The smallest absolute Gasteiger partial charge is 0.255 e. The highest BCUT2D eigenvalue weighted by Gasteiger charge is 2.40. The number of morpholine rings is 1. The van der Waals surface area contributed by atoms with E-state index in [9.17, 15) is 19.2 Å². The molecule has 2 unspecified atom stereocenters. The Balaban J connectivity index is 1.41. The van der Waals surface area contributed by atoms with Crippen molar-refractivity contribution < 1.29 is 36.9 Å². The van der Waals surface area contributed by atoms with Gasteiger partial charge in [0.15, 0.2) is 0 Å². The van der Waals surface area contributed by atoms with Gasteiger partial charge in [-0.05, 0) is 29.7 Å². The van der Waals surface area contributed by atoms with Crippen LogP contribution in [0.1, 0.15) is 48.1 Å². The zero-order chi connectivity index (χ0) is 28.9. The molecule has 0 saturated carbocycles. The van der Waals surface area contributed by atoms with Crippen molar-refractivity contribution in [2.75, 3.05) is 19.8 Å². The summed E-state index contributed by atoms with van der Waals surface area (Å²) in [5, 5.41) is 2.23. The van der Waals surface area contributed by atoms with Gasteiger partial charge in [0, 0.05) is 30.6 Å². The summed E-state index contributed by atoms with van der Waals surface area (Å²) in [6, 6.07) is 3.18. The lowest BCUT2D eigenvalue weighted by Crippen LogP contribution is -2.52. The Bertz CT molecular complexity index is 1440. The van der Waals surface area contributed by atoms with Gasteiger partial charge in [-0.1, -0.05) is 30.3 Å². The molecule has 2 aromatic carbocycles. The van der Waals surface area contributed by atoms with Crippen molar-refractivity contribution in [3.63, 3.8) is 0 Å². The minimum atomic E-state index is -2.55. The lowest BCUT2D eigenvalue weighted by Gasteiger charge is -2.29. The Morgan fingerprint density at radius 3 is 2.82 bits per heavy atom. The number of hydrogen-bond acceptors (Lipinski definition) is 6. The highest BCUT2D eigenvalue weighted by atomic mass is 16.5. The molecular weight excluding hydrogens is 438 g/mol. The first kappa shape index (κ1) is 16.0. The number of rotatable bonds is 6. The lowest BCUT2D eigenvalue weighted by molar-refractivity contribution is -0.143. The average molecular weight is 470 g/mol. The molecule has 176 valence electrons. The molecule has 0 spiro atoms.